The molecule has 4 rings (SSSR count). The van der Waals surface area contributed by atoms with E-state index in [1.54, 1.807) is 36.7 Å². The molecule has 30 heavy (non-hydrogen) atoms. The van der Waals surface area contributed by atoms with Gasteiger partial charge >= 0.3 is 0 Å². The summed E-state index contributed by atoms with van der Waals surface area (Å²) in [5.74, 6) is -0.286. The van der Waals surface area contributed by atoms with Crippen LogP contribution in [0.25, 0.3) is 10.9 Å². The number of pyridine rings is 1. The molecule has 6 heteroatoms. The molecule has 0 aliphatic heterocycles. The van der Waals surface area contributed by atoms with E-state index < -0.39 is 0 Å². The molecule has 0 saturated heterocycles. The highest BCUT2D eigenvalue weighted by Crippen LogP contribution is 2.20. The Balaban J connectivity index is 1.38. The van der Waals surface area contributed by atoms with E-state index in [2.05, 4.69) is 21.7 Å². The number of benzene rings is 2. The van der Waals surface area contributed by atoms with Gasteiger partial charge in [-0.3, -0.25) is 14.6 Å². The summed E-state index contributed by atoms with van der Waals surface area (Å²) in [5, 5.41) is 6.92. The molecule has 150 valence electrons. The predicted molar refractivity (Wildman–Crippen MR) is 117 cm³/mol. The van der Waals surface area contributed by atoms with Gasteiger partial charge in [0, 0.05) is 47.3 Å². The predicted octanol–water partition coefficient (Wildman–Crippen LogP) is 3.91. The van der Waals surface area contributed by atoms with Gasteiger partial charge in [-0.15, -0.1) is 0 Å². The summed E-state index contributed by atoms with van der Waals surface area (Å²) in [5.41, 5.74) is 4.26. The van der Waals surface area contributed by atoms with E-state index in [9.17, 15) is 9.59 Å². The molecule has 2 N–H and O–H groups in total. The number of hydrogen-bond acceptors (Lipinski definition) is 3. The molecule has 0 spiro atoms. The van der Waals surface area contributed by atoms with Gasteiger partial charge in [0.05, 0.1) is 0 Å². The maximum Gasteiger partial charge on any atom is 0.255 e. The molecule has 4 aromatic rings. The van der Waals surface area contributed by atoms with E-state index >= 15 is 0 Å². The molecule has 0 unspecified atom stereocenters. The van der Waals surface area contributed by atoms with E-state index in [4.69, 9.17) is 0 Å². The highest BCUT2D eigenvalue weighted by atomic mass is 16.2. The fraction of sp³-hybridized carbons (Fsp3) is 0.125. The number of aromatic nitrogens is 2. The summed E-state index contributed by atoms with van der Waals surface area (Å²) in [6.07, 6.45) is 5.24. The number of anilines is 1. The molecule has 2 heterocycles. The molecule has 2 aromatic heterocycles. The summed E-state index contributed by atoms with van der Waals surface area (Å²) in [6.45, 7) is 2.64. The number of hydrogen-bond donors (Lipinski definition) is 2. The lowest BCUT2D eigenvalue weighted by Gasteiger charge is -2.09. The highest BCUT2D eigenvalue weighted by Gasteiger charge is 2.10. The fourth-order valence-electron chi connectivity index (χ4n) is 3.43. The average molecular weight is 398 g/mol. The van der Waals surface area contributed by atoms with Crippen molar-refractivity contribution in [2.75, 3.05) is 5.32 Å². The number of amides is 2. The first-order valence-corrected chi connectivity index (χ1v) is 9.71. The van der Waals surface area contributed by atoms with Gasteiger partial charge in [-0.05, 0) is 48.4 Å². The van der Waals surface area contributed by atoms with E-state index in [1.165, 1.54) is 0 Å². The fourth-order valence-corrected chi connectivity index (χ4v) is 3.43. The minimum atomic E-state index is -0.205. The van der Waals surface area contributed by atoms with Crippen LogP contribution in [0.2, 0.25) is 0 Å². The van der Waals surface area contributed by atoms with Crippen molar-refractivity contribution in [1.82, 2.24) is 14.9 Å². The van der Waals surface area contributed by atoms with Crippen molar-refractivity contribution < 1.29 is 9.59 Å². The summed E-state index contributed by atoms with van der Waals surface area (Å²) in [7, 11) is 0. The third kappa shape index (κ3) is 4.38. The van der Waals surface area contributed by atoms with E-state index in [1.807, 2.05) is 48.0 Å². The van der Waals surface area contributed by atoms with Crippen molar-refractivity contribution in [3.8, 4) is 0 Å². The van der Waals surface area contributed by atoms with Gasteiger partial charge in [0.1, 0.15) is 6.54 Å². The van der Waals surface area contributed by atoms with Crippen LogP contribution in [0.4, 0.5) is 5.69 Å². The second kappa shape index (κ2) is 8.61. The quantitative estimate of drug-likeness (QED) is 0.517. The number of fused-ring (bicyclic) bond motifs is 1. The van der Waals surface area contributed by atoms with Crippen LogP contribution in [0.3, 0.4) is 0 Å². The van der Waals surface area contributed by atoms with Crippen molar-refractivity contribution >= 4 is 28.4 Å². The number of nitrogens with one attached hydrogen (secondary N) is 2. The van der Waals surface area contributed by atoms with Crippen LogP contribution >= 0.6 is 0 Å². The van der Waals surface area contributed by atoms with Crippen LogP contribution in [-0.4, -0.2) is 21.4 Å². The van der Waals surface area contributed by atoms with Gasteiger partial charge in [-0.25, -0.2) is 0 Å². The number of carbonyl (C=O) groups excluding carboxylic acids is 2. The summed E-state index contributed by atoms with van der Waals surface area (Å²) in [4.78, 5) is 28.9. The highest BCUT2D eigenvalue weighted by molar-refractivity contribution is 6.04. The number of para-hydroxylation sites is 1. The van der Waals surface area contributed by atoms with Crippen LogP contribution < -0.4 is 10.6 Å². The van der Waals surface area contributed by atoms with Crippen LogP contribution in [-0.2, 0) is 17.9 Å². The van der Waals surface area contributed by atoms with Crippen molar-refractivity contribution in [2.45, 2.75) is 20.0 Å². The Hall–Kier alpha value is -3.93. The Kier molecular flexibility index (Phi) is 5.57. The van der Waals surface area contributed by atoms with Crippen molar-refractivity contribution in [1.29, 1.82) is 0 Å². The smallest absolute Gasteiger partial charge is 0.255 e. The van der Waals surface area contributed by atoms with Gasteiger partial charge in [-0.1, -0.05) is 30.3 Å². The Labute approximate surface area is 174 Å². The summed E-state index contributed by atoms with van der Waals surface area (Å²) >= 11 is 0. The molecule has 6 nitrogen and oxygen atoms in total. The zero-order chi connectivity index (χ0) is 20.9. The zero-order valence-corrected chi connectivity index (χ0v) is 16.6. The second-order valence-electron chi connectivity index (χ2n) is 7.12. The zero-order valence-electron chi connectivity index (χ0n) is 16.6. The molecule has 0 aliphatic carbocycles. The number of aryl methyl sites for hydroxylation is 1. The SMILES string of the molecule is Cc1cn(CC(=O)NCc2cccc(C(=O)Nc3ccncc3)c2)c2ccccc12. The summed E-state index contributed by atoms with van der Waals surface area (Å²) < 4.78 is 1.96. The molecule has 0 bridgehead atoms. The van der Waals surface area contributed by atoms with Gasteiger partial charge < -0.3 is 15.2 Å². The monoisotopic (exact) mass is 398 g/mol. The van der Waals surface area contributed by atoms with Gasteiger partial charge in [-0.2, -0.15) is 0 Å². The molecule has 0 saturated carbocycles. The maximum absolute atomic E-state index is 12.5. The molecular weight excluding hydrogens is 376 g/mol. The maximum atomic E-state index is 12.5. The Morgan fingerprint density at radius 2 is 1.80 bits per heavy atom. The first-order valence-electron chi connectivity index (χ1n) is 9.71. The lowest BCUT2D eigenvalue weighted by atomic mass is 10.1. The van der Waals surface area contributed by atoms with Gasteiger partial charge in [0.2, 0.25) is 5.91 Å². The Morgan fingerprint density at radius 1 is 1.00 bits per heavy atom. The minimum Gasteiger partial charge on any atom is -0.350 e. The standard InChI is InChI=1S/C24H22N4O2/c1-17-15-28(22-8-3-2-7-21(17)22)16-23(29)26-14-18-5-4-6-19(13-18)24(30)27-20-9-11-25-12-10-20/h2-13,15H,14,16H2,1H3,(H,26,29)(H,25,27,30). The van der Waals surface area contributed by atoms with Crippen molar-refractivity contribution in [3.63, 3.8) is 0 Å². The number of nitrogens with zero attached hydrogens (tertiary/aromatic N) is 2. The molecule has 0 atom stereocenters. The van der Waals surface area contributed by atoms with Crippen LogP contribution in [0.15, 0.2) is 79.3 Å². The van der Waals surface area contributed by atoms with Crippen LogP contribution in [0.5, 0.6) is 0 Å². The lowest BCUT2D eigenvalue weighted by molar-refractivity contribution is -0.121. The number of rotatable bonds is 6. The number of carbonyl (C=O) groups is 2. The second-order valence-corrected chi connectivity index (χ2v) is 7.12. The van der Waals surface area contributed by atoms with Crippen molar-refractivity contribution in [3.05, 3.63) is 95.9 Å². The Bertz CT molecular complexity index is 1200. The molecule has 0 fully saturated rings. The Morgan fingerprint density at radius 3 is 2.63 bits per heavy atom. The van der Waals surface area contributed by atoms with Crippen LogP contribution in [0, 0.1) is 6.92 Å². The van der Waals surface area contributed by atoms with Crippen molar-refractivity contribution in [2.24, 2.45) is 0 Å². The third-order valence-electron chi connectivity index (χ3n) is 4.92. The first-order chi connectivity index (χ1) is 14.6. The minimum absolute atomic E-state index is 0.0811. The van der Waals surface area contributed by atoms with E-state index in [0.29, 0.717) is 17.8 Å². The summed E-state index contributed by atoms with van der Waals surface area (Å²) in [6, 6.07) is 18.7. The third-order valence-corrected chi connectivity index (χ3v) is 4.92. The molecule has 0 radical (unpaired) electrons. The molecule has 0 aliphatic rings. The van der Waals surface area contributed by atoms with E-state index in [0.717, 1.165) is 22.0 Å². The van der Waals surface area contributed by atoms with E-state index in [-0.39, 0.29) is 18.4 Å². The molecule has 2 amide bonds. The van der Waals surface area contributed by atoms with Crippen LogP contribution in [0.1, 0.15) is 21.5 Å². The molecular formula is C24H22N4O2. The molecule has 2 aromatic carbocycles. The largest absolute Gasteiger partial charge is 0.350 e. The topological polar surface area (TPSA) is 76.0 Å². The van der Waals surface area contributed by atoms with Gasteiger partial charge in [0.15, 0.2) is 0 Å². The normalized spacial score (nSPS) is 10.7. The average Bonchev–Trinajstić information content (AvgIpc) is 3.09. The first kappa shape index (κ1) is 19.4. The van der Waals surface area contributed by atoms with Gasteiger partial charge in [0.25, 0.3) is 5.91 Å². The lowest BCUT2D eigenvalue weighted by Crippen LogP contribution is -2.27.